The second-order valence-electron chi connectivity index (χ2n) is 13.1. The van der Waals surface area contributed by atoms with Crippen LogP contribution >= 0.6 is 11.3 Å². The fourth-order valence-corrected chi connectivity index (χ4v) is 9.33. The van der Waals surface area contributed by atoms with Gasteiger partial charge in [-0.05, 0) is 69.1 Å². The molecule has 0 bridgehead atoms. The molecule has 3 heteroatoms. The van der Waals surface area contributed by atoms with Crippen LogP contribution < -0.4 is 0 Å². The van der Waals surface area contributed by atoms with Gasteiger partial charge in [0.1, 0.15) is 0 Å². The summed E-state index contributed by atoms with van der Waals surface area (Å²) in [5, 5.41) is 11.3. The van der Waals surface area contributed by atoms with E-state index in [1.807, 2.05) is 11.3 Å². The number of nitrogens with zero attached hydrogens (tertiary/aromatic N) is 2. The summed E-state index contributed by atoms with van der Waals surface area (Å²) < 4.78 is 4.95. The minimum Gasteiger partial charge on any atom is -0.309 e. The highest BCUT2D eigenvalue weighted by Crippen LogP contribution is 2.45. The van der Waals surface area contributed by atoms with Crippen LogP contribution in [0.2, 0.25) is 0 Å². The van der Waals surface area contributed by atoms with E-state index in [1.165, 1.54) is 80.0 Å². The minimum absolute atomic E-state index is 0.974. The maximum Gasteiger partial charge on any atom is 0.0808 e. The van der Waals surface area contributed by atoms with Gasteiger partial charge < -0.3 is 4.57 Å². The van der Waals surface area contributed by atoms with Gasteiger partial charge in [-0.3, -0.25) is 0 Å². The van der Waals surface area contributed by atoms with Crippen molar-refractivity contribution in [2.45, 2.75) is 0 Å². The van der Waals surface area contributed by atoms with Crippen molar-refractivity contribution in [2.24, 2.45) is 0 Å². The molecule has 11 rings (SSSR count). The number of hydrogen-bond acceptors (Lipinski definition) is 2. The molecule has 0 saturated carbocycles. The van der Waals surface area contributed by atoms with Crippen LogP contribution in [0, 0.1) is 0 Å². The molecule has 0 fully saturated rings. The van der Waals surface area contributed by atoms with E-state index in [1.54, 1.807) is 0 Å². The van der Waals surface area contributed by atoms with E-state index in [0.29, 0.717) is 0 Å². The number of aromatic nitrogens is 2. The molecule has 0 saturated heterocycles. The molecule has 50 heavy (non-hydrogen) atoms. The lowest BCUT2D eigenvalue weighted by molar-refractivity contribution is 1.18. The summed E-state index contributed by atoms with van der Waals surface area (Å²) in [6, 6.07) is 61.8. The number of pyridine rings is 1. The lowest BCUT2D eigenvalue weighted by Crippen LogP contribution is -1.95. The number of para-hydroxylation sites is 2. The minimum atomic E-state index is 0.974. The molecule has 3 aromatic heterocycles. The quantitative estimate of drug-likeness (QED) is 0.186. The monoisotopic (exact) mass is 652 g/mol. The van der Waals surface area contributed by atoms with Gasteiger partial charge in [-0.1, -0.05) is 133 Å². The molecule has 0 aliphatic rings. The average Bonchev–Trinajstić information content (AvgIpc) is 3.74. The van der Waals surface area contributed by atoms with Gasteiger partial charge >= 0.3 is 0 Å². The van der Waals surface area contributed by atoms with Gasteiger partial charge in [-0.25, -0.2) is 4.98 Å². The number of fused-ring (bicyclic) bond motifs is 11. The van der Waals surface area contributed by atoms with Crippen molar-refractivity contribution in [1.82, 2.24) is 9.55 Å². The van der Waals surface area contributed by atoms with Gasteiger partial charge in [0.15, 0.2) is 0 Å². The maximum absolute atomic E-state index is 5.53. The molecule has 0 N–H and O–H groups in total. The Morgan fingerprint density at radius 3 is 1.82 bits per heavy atom. The van der Waals surface area contributed by atoms with Crippen molar-refractivity contribution in [1.29, 1.82) is 0 Å². The lowest BCUT2D eigenvalue weighted by Gasteiger charge is -2.14. The molecule has 0 aliphatic heterocycles. The Morgan fingerprint density at radius 2 is 1.06 bits per heavy atom. The summed E-state index contributed by atoms with van der Waals surface area (Å²) in [5.41, 5.74) is 9.11. The highest BCUT2D eigenvalue weighted by atomic mass is 32.1. The first-order valence-electron chi connectivity index (χ1n) is 17.0. The molecule has 11 aromatic rings. The van der Waals surface area contributed by atoms with E-state index in [4.69, 9.17) is 4.98 Å². The molecular weight excluding hydrogens is 625 g/mol. The van der Waals surface area contributed by atoms with Gasteiger partial charge in [0.05, 0.1) is 22.2 Å². The van der Waals surface area contributed by atoms with Crippen LogP contribution in [0.25, 0.3) is 102 Å². The number of rotatable bonds is 3. The molecule has 3 heterocycles. The number of benzene rings is 8. The van der Waals surface area contributed by atoms with E-state index >= 15 is 0 Å². The molecule has 0 atom stereocenters. The maximum atomic E-state index is 5.53. The number of thiophene rings is 1. The van der Waals surface area contributed by atoms with Gasteiger partial charge in [0, 0.05) is 47.6 Å². The molecule has 8 aromatic carbocycles. The third kappa shape index (κ3) is 3.98. The normalized spacial score (nSPS) is 12.0. The Balaban J connectivity index is 1.18. The van der Waals surface area contributed by atoms with Crippen LogP contribution in [-0.4, -0.2) is 9.55 Å². The zero-order chi connectivity index (χ0) is 32.8. The second kappa shape index (κ2) is 10.6. The Kier molecular flexibility index (Phi) is 5.86. The summed E-state index contributed by atoms with van der Waals surface area (Å²) in [6.45, 7) is 0. The highest BCUT2D eigenvalue weighted by molar-refractivity contribution is 7.26. The zero-order valence-corrected chi connectivity index (χ0v) is 27.8. The highest BCUT2D eigenvalue weighted by Gasteiger charge is 2.18. The second-order valence-corrected chi connectivity index (χ2v) is 14.2. The summed E-state index contributed by atoms with van der Waals surface area (Å²) in [5.74, 6) is 0. The molecular formula is C47H28N2S. The molecule has 0 radical (unpaired) electrons. The van der Waals surface area contributed by atoms with E-state index < -0.39 is 0 Å². The van der Waals surface area contributed by atoms with E-state index in [-0.39, 0.29) is 0 Å². The number of hydrogen-bond donors (Lipinski definition) is 0. The molecule has 2 nitrogen and oxygen atoms in total. The largest absolute Gasteiger partial charge is 0.309 e. The van der Waals surface area contributed by atoms with E-state index in [0.717, 1.165) is 22.5 Å². The van der Waals surface area contributed by atoms with E-state index in [9.17, 15) is 0 Å². The fourth-order valence-electron chi connectivity index (χ4n) is 8.09. The van der Waals surface area contributed by atoms with Crippen molar-refractivity contribution in [3.8, 4) is 28.1 Å². The van der Waals surface area contributed by atoms with Crippen LogP contribution in [0.4, 0.5) is 0 Å². The molecule has 0 amide bonds. The van der Waals surface area contributed by atoms with Crippen molar-refractivity contribution in [3.05, 3.63) is 170 Å². The lowest BCUT2D eigenvalue weighted by atomic mass is 9.93. The Labute approximate surface area is 292 Å². The van der Waals surface area contributed by atoms with Crippen LogP contribution in [0.5, 0.6) is 0 Å². The van der Waals surface area contributed by atoms with Gasteiger partial charge in [-0.2, -0.15) is 0 Å². The molecule has 0 aliphatic carbocycles. The van der Waals surface area contributed by atoms with Crippen LogP contribution in [-0.2, 0) is 0 Å². The first-order chi connectivity index (χ1) is 24.8. The van der Waals surface area contributed by atoms with E-state index in [2.05, 4.69) is 174 Å². The first kappa shape index (κ1) is 27.6. The van der Waals surface area contributed by atoms with Gasteiger partial charge in [-0.15, -0.1) is 11.3 Å². The summed E-state index contributed by atoms with van der Waals surface area (Å²) in [7, 11) is 0. The Morgan fingerprint density at radius 1 is 0.440 bits per heavy atom. The van der Waals surface area contributed by atoms with Crippen molar-refractivity contribution >= 4 is 85.8 Å². The van der Waals surface area contributed by atoms with Crippen molar-refractivity contribution in [2.75, 3.05) is 0 Å². The molecule has 0 unspecified atom stereocenters. The third-order valence-corrected chi connectivity index (χ3v) is 11.6. The smallest absolute Gasteiger partial charge is 0.0808 e. The van der Waals surface area contributed by atoms with Gasteiger partial charge in [0.2, 0.25) is 0 Å². The van der Waals surface area contributed by atoms with Crippen molar-refractivity contribution < 1.29 is 0 Å². The Hall–Kier alpha value is -6.29. The predicted octanol–water partition coefficient (Wildman–Crippen LogP) is 13.3. The topological polar surface area (TPSA) is 17.8 Å². The fraction of sp³-hybridized carbons (Fsp3) is 0. The standard InChI is InChI=1S/C47H28N2S/c1-3-13-33-29(10-1)12-9-17-35(33)40-28-41(31-20-23-32(24-21-31)49-42-18-7-5-15-36(42)37-16-6-8-19-43(37)49)48-46-38(40)26-27-44-45(46)39-25-22-30-11-2-4-14-34(30)47(39)50-44/h1-28H. The van der Waals surface area contributed by atoms with Crippen LogP contribution in [0.15, 0.2) is 170 Å². The van der Waals surface area contributed by atoms with Crippen molar-refractivity contribution in [3.63, 3.8) is 0 Å². The average molecular weight is 653 g/mol. The first-order valence-corrected chi connectivity index (χ1v) is 17.9. The third-order valence-electron chi connectivity index (χ3n) is 10.4. The molecule has 232 valence electrons. The zero-order valence-electron chi connectivity index (χ0n) is 27.0. The summed E-state index contributed by atoms with van der Waals surface area (Å²) in [4.78, 5) is 5.53. The van der Waals surface area contributed by atoms with Gasteiger partial charge in [0.25, 0.3) is 0 Å². The molecule has 0 spiro atoms. The summed E-state index contributed by atoms with van der Waals surface area (Å²) >= 11 is 1.87. The SMILES string of the molecule is c1ccc2c(-c3cc(-c4ccc(-n5c6ccccc6c6ccccc65)cc4)nc4c3ccc3sc5c6ccccc6ccc5c34)cccc2c1. The van der Waals surface area contributed by atoms with Crippen LogP contribution in [0.1, 0.15) is 0 Å². The summed E-state index contributed by atoms with van der Waals surface area (Å²) in [6.07, 6.45) is 0. The predicted molar refractivity (Wildman–Crippen MR) is 215 cm³/mol. The Bertz CT molecular complexity index is 3090. The van der Waals surface area contributed by atoms with Crippen LogP contribution in [0.3, 0.4) is 0 Å².